The quantitative estimate of drug-likeness (QED) is 0.544. The number of hydrogen-bond acceptors (Lipinski definition) is 4. The first-order valence-corrected chi connectivity index (χ1v) is 3.84. The van der Waals surface area contributed by atoms with E-state index >= 15 is 0 Å². The van der Waals surface area contributed by atoms with Gasteiger partial charge in [-0.05, 0) is 25.5 Å². The Morgan fingerprint density at radius 3 is 2.29 bits per heavy atom. The van der Waals surface area contributed by atoms with Crippen LogP contribution in [-0.4, -0.2) is 12.2 Å². The molecular formula is C10H10N2O2. The van der Waals surface area contributed by atoms with E-state index in [-0.39, 0.29) is 0 Å². The summed E-state index contributed by atoms with van der Waals surface area (Å²) in [6.07, 6.45) is 2.27. The Hall–Kier alpha value is -2.02. The Morgan fingerprint density at radius 2 is 1.86 bits per heavy atom. The molecule has 0 aromatic heterocycles. The number of hydrogen-bond donors (Lipinski definition) is 1. The zero-order valence-electron chi connectivity index (χ0n) is 8.00. The maximum absolute atomic E-state index is 9.92. The van der Waals surface area contributed by atoms with E-state index in [0.717, 1.165) is 11.6 Å². The summed E-state index contributed by atoms with van der Waals surface area (Å²) in [7, 11) is 0. The molecule has 1 aromatic rings. The van der Waals surface area contributed by atoms with Gasteiger partial charge in [-0.3, -0.25) is 0 Å². The third-order valence-corrected chi connectivity index (χ3v) is 1.52. The minimum atomic E-state index is 0.700. The number of nitrogens with one attached hydrogen (secondary N) is 1. The van der Waals surface area contributed by atoms with Gasteiger partial charge in [0.2, 0.25) is 12.2 Å². The first-order valence-electron chi connectivity index (χ1n) is 3.84. The normalized spacial score (nSPS) is 7.57. The molecule has 72 valence electrons. The second kappa shape index (κ2) is 6.49. The van der Waals surface area contributed by atoms with Gasteiger partial charge in [0.15, 0.2) is 0 Å². The largest absolute Gasteiger partial charge is 0.240 e. The lowest BCUT2D eigenvalue weighted by Crippen LogP contribution is -1.76. The fraction of sp³-hybridized carbons (Fsp3) is 0.200. The summed E-state index contributed by atoms with van der Waals surface area (Å²) < 4.78 is 0. The zero-order chi connectivity index (χ0) is 11.0. The second-order valence-corrected chi connectivity index (χ2v) is 2.60. The molecule has 1 rings (SSSR count). The average molecular weight is 190 g/mol. The van der Waals surface area contributed by atoms with E-state index in [0.29, 0.717) is 5.69 Å². The topological polar surface area (TPSA) is 70.3 Å². The van der Waals surface area contributed by atoms with Crippen LogP contribution in [0.25, 0.3) is 0 Å². The van der Waals surface area contributed by atoms with E-state index in [2.05, 4.69) is 4.99 Å². The molecule has 0 amide bonds. The van der Waals surface area contributed by atoms with Gasteiger partial charge in [0.1, 0.15) is 0 Å². The van der Waals surface area contributed by atoms with Crippen LogP contribution in [0.3, 0.4) is 0 Å². The molecule has 1 N–H and O–H groups in total. The summed E-state index contributed by atoms with van der Waals surface area (Å²) in [6, 6.07) is 5.72. The number of rotatable bonds is 1. The third-order valence-electron chi connectivity index (χ3n) is 1.52. The van der Waals surface area contributed by atoms with Crippen molar-refractivity contribution >= 4 is 17.8 Å². The van der Waals surface area contributed by atoms with Crippen LogP contribution in [0.1, 0.15) is 11.1 Å². The van der Waals surface area contributed by atoms with E-state index in [4.69, 9.17) is 10.2 Å². The van der Waals surface area contributed by atoms with Crippen molar-refractivity contribution in [2.75, 3.05) is 0 Å². The highest BCUT2D eigenvalue weighted by atomic mass is 16.1. The first kappa shape index (κ1) is 12.0. The molecule has 0 spiro atoms. The van der Waals surface area contributed by atoms with Crippen LogP contribution in [0.5, 0.6) is 0 Å². The van der Waals surface area contributed by atoms with Crippen LogP contribution in [0.2, 0.25) is 0 Å². The predicted octanol–water partition coefficient (Wildman–Crippen LogP) is 2.17. The fourth-order valence-electron chi connectivity index (χ4n) is 0.980. The number of isocyanates is 2. The molecule has 0 aliphatic rings. The van der Waals surface area contributed by atoms with Crippen molar-refractivity contribution in [2.45, 2.75) is 13.8 Å². The van der Waals surface area contributed by atoms with Crippen molar-refractivity contribution in [1.29, 1.82) is 5.41 Å². The molecule has 0 aliphatic heterocycles. The lowest BCUT2D eigenvalue weighted by atomic mass is 10.1. The van der Waals surface area contributed by atoms with Crippen molar-refractivity contribution in [3.05, 3.63) is 29.3 Å². The van der Waals surface area contributed by atoms with Crippen LogP contribution in [0.15, 0.2) is 23.2 Å². The molecule has 1 aromatic carbocycles. The summed E-state index contributed by atoms with van der Waals surface area (Å²) in [4.78, 5) is 21.8. The SMILES string of the molecule is Cc1ccc(N=C=O)c(C)c1.N=C=O. The summed E-state index contributed by atoms with van der Waals surface area (Å²) >= 11 is 0. The van der Waals surface area contributed by atoms with Crippen molar-refractivity contribution in [1.82, 2.24) is 0 Å². The van der Waals surface area contributed by atoms with E-state index in [1.165, 1.54) is 11.6 Å². The van der Waals surface area contributed by atoms with Crippen LogP contribution in [-0.2, 0) is 9.59 Å². The summed E-state index contributed by atoms with van der Waals surface area (Å²) in [5.41, 5.74) is 2.88. The Bertz CT molecular complexity index is 387. The maximum atomic E-state index is 9.92. The highest BCUT2D eigenvalue weighted by Gasteiger charge is 1.94. The van der Waals surface area contributed by atoms with Gasteiger partial charge in [0.25, 0.3) is 0 Å². The van der Waals surface area contributed by atoms with Crippen molar-refractivity contribution in [2.24, 2.45) is 4.99 Å². The average Bonchev–Trinajstić information content (AvgIpc) is 2.11. The number of aryl methyl sites for hydroxylation is 2. The first-order chi connectivity index (χ1) is 6.65. The molecule has 0 fully saturated rings. The van der Waals surface area contributed by atoms with E-state index < -0.39 is 0 Å². The maximum Gasteiger partial charge on any atom is 0.240 e. The van der Waals surface area contributed by atoms with Crippen LogP contribution < -0.4 is 0 Å². The molecule has 4 heteroatoms. The molecule has 0 heterocycles. The monoisotopic (exact) mass is 190 g/mol. The van der Waals surface area contributed by atoms with Gasteiger partial charge >= 0.3 is 0 Å². The summed E-state index contributed by atoms with van der Waals surface area (Å²) in [5.74, 6) is 0. The summed E-state index contributed by atoms with van der Waals surface area (Å²) in [6.45, 7) is 3.92. The van der Waals surface area contributed by atoms with Gasteiger partial charge < -0.3 is 0 Å². The minimum Gasteiger partial charge on any atom is -0.222 e. The lowest BCUT2D eigenvalue weighted by molar-refractivity contribution is 0.562. The Balaban J connectivity index is 0.000000500. The van der Waals surface area contributed by atoms with Crippen molar-refractivity contribution in [3.8, 4) is 0 Å². The highest BCUT2D eigenvalue weighted by Crippen LogP contribution is 2.18. The summed E-state index contributed by atoms with van der Waals surface area (Å²) in [5, 5.41) is 5.40. The number of carbonyl (C=O) groups excluding carboxylic acids is 2. The van der Waals surface area contributed by atoms with Crippen LogP contribution in [0, 0.1) is 19.3 Å². The zero-order valence-corrected chi connectivity index (χ0v) is 8.00. The second-order valence-electron chi connectivity index (χ2n) is 2.60. The van der Waals surface area contributed by atoms with Gasteiger partial charge in [0, 0.05) is 0 Å². The van der Waals surface area contributed by atoms with Gasteiger partial charge in [-0.15, -0.1) is 0 Å². The predicted molar refractivity (Wildman–Crippen MR) is 52.1 cm³/mol. The lowest BCUT2D eigenvalue weighted by Gasteiger charge is -1.97. The molecule has 0 saturated carbocycles. The Labute approximate surface area is 81.8 Å². The van der Waals surface area contributed by atoms with E-state index in [1.807, 2.05) is 32.0 Å². The minimum absolute atomic E-state index is 0.700. The molecule has 4 nitrogen and oxygen atoms in total. The molecule has 0 unspecified atom stereocenters. The van der Waals surface area contributed by atoms with E-state index in [1.54, 1.807) is 0 Å². The van der Waals surface area contributed by atoms with Crippen LogP contribution >= 0.6 is 0 Å². The molecule has 0 radical (unpaired) electrons. The van der Waals surface area contributed by atoms with Gasteiger partial charge in [-0.1, -0.05) is 17.7 Å². The number of aliphatic imine (C=N–C) groups is 1. The Kier molecular flexibility index (Phi) is 5.55. The standard InChI is InChI=1S/C9H9NO.CHNO/c1-7-3-4-9(10-6-11)8(2)5-7;2-1-3/h3-5H,1-2H3;2H. The molecule has 0 atom stereocenters. The smallest absolute Gasteiger partial charge is 0.222 e. The highest BCUT2D eigenvalue weighted by molar-refractivity contribution is 5.53. The molecule has 0 bridgehead atoms. The molecule has 0 saturated heterocycles. The third kappa shape index (κ3) is 4.12. The van der Waals surface area contributed by atoms with Crippen molar-refractivity contribution in [3.63, 3.8) is 0 Å². The Morgan fingerprint density at radius 1 is 1.29 bits per heavy atom. The number of benzene rings is 1. The van der Waals surface area contributed by atoms with Crippen LogP contribution in [0.4, 0.5) is 5.69 Å². The van der Waals surface area contributed by atoms with Gasteiger partial charge in [-0.2, -0.15) is 4.99 Å². The fourth-order valence-corrected chi connectivity index (χ4v) is 0.980. The van der Waals surface area contributed by atoms with Gasteiger partial charge in [0.05, 0.1) is 5.69 Å². The van der Waals surface area contributed by atoms with Crippen molar-refractivity contribution < 1.29 is 9.59 Å². The molecule has 0 aliphatic carbocycles. The molecule has 14 heavy (non-hydrogen) atoms. The van der Waals surface area contributed by atoms with E-state index in [9.17, 15) is 4.79 Å². The van der Waals surface area contributed by atoms with Gasteiger partial charge in [-0.25, -0.2) is 15.0 Å². The molecular weight excluding hydrogens is 180 g/mol. The number of nitrogens with zero attached hydrogens (tertiary/aromatic N) is 1.